The van der Waals surface area contributed by atoms with Crippen molar-refractivity contribution in [1.82, 2.24) is 5.32 Å². The van der Waals surface area contributed by atoms with Gasteiger partial charge in [0.1, 0.15) is 6.04 Å². The van der Waals surface area contributed by atoms with Gasteiger partial charge < -0.3 is 15.8 Å². The average molecular weight is 250 g/mol. The number of carbonyl (C=O) groups excluding carboxylic acids is 2. The third-order valence-corrected chi connectivity index (χ3v) is 2.61. The Morgan fingerprint density at radius 3 is 2.72 bits per heavy atom. The Bertz CT molecular complexity index is 458. The lowest BCUT2D eigenvalue weighted by Gasteiger charge is -2.14. The van der Waals surface area contributed by atoms with Crippen molar-refractivity contribution in [3.8, 4) is 0 Å². The van der Waals surface area contributed by atoms with Crippen molar-refractivity contribution in [2.75, 3.05) is 12.3 Å². The molecule has 1 aromatic rings. The zero-order valence-corrected chi connectivity index (χ0v) is 10.8. The summed E-state index contributed by atoms with van der Waals surface area (Å²) >= 11 is 0. The van der Waals surface area contributed by atoms with Crippen LogP contribution in [0.25, 0.3) is 0 Å². The van der Waals surface area contributed by atoms with Gasteiger partial charge in [-0.05, 0) is 38.5 Å². The van der Waals surface area contributed by atoms with Crippen LogP contribution < -0.4 is 11.1 Å². The van der Waals surface area contributed by atoms with E-state index >= 15 is 0 Å². The third-order valence-electron chi connectivity index (χ3n) is 2.61. The van der Waals surface area contributed by atoms with Gasteiger partial charge in [-0.15, -0.1) is 0 Å². The highest BCUT2D eigenvalue weighted by atomic mass is 16.5. The largest absolute Gasteiger partial charge is 0.464 e. The zero-order chi connectivity index (χ0) is 13.7. The third kappa shape index (κ3) is 3.23. The summed E-state index contributed by atoms with van der Waals surface area (Å²) in [6.07, 6.45) is 0. The number of hydrogen-bond acceptors (Lipinski definition) is 4. The molecule has 18 heavy (non-hydrogen) atoms. The van der Waals surface area contributed by atoms with Gasteiger partial charge in [-0.1, -0.05) is 6.07 Å². The van der Waals surface area contributed by atoms with Gasteiger partial charge in [-0.25, -0.2) is 4.79 Å². The summed E-state index contributed by atoms with van der Waals surface area (Å²) in [5.41, 5.74) is 7.44. The Hall–Kier alpha value is -2.04. The van der Waals surface area contributed by atoms with E-state index < -0.39 is 12.0 Å². The molecule has 0 radical (unpaired) electrons. The Kier molecular flexibility index (Phi) is 4.71. The van der Waals surface area contributed by atoms with Crippen molar-refractivity contribution in [1.29, 1.82) is 0 Å². The van der Waals surface area contributed by atoms with Gasteiger partial charge in [0.2, 0.25) is 0 Å². The van der Waals surface area contributed by atoms with E-state index in [0.717, 1.165) is 0 Å². The number of amides is 1. The molecule has 98 valence electrons. The first-order valence-electron chi connectivity index (χ1n) is 5.80. The molecule has 1 unspecified atom stereocenters. The number of nitrogen functional groups attached to an aromatic ring is 1. The molecule has 5 heteroatoms. The number of rotatable bonds is 4. The lowest BCUT2D eigenvalue weighted by molar-refractivity contribution is -0.144. The number of nitrogens with one attached hydrogen (secondary N) is 1. The summed E-state index contributed by atoms with van der Waals surface area (Å²) in [4.78, 5) is 23.4. The van der Waals surface area contributed by atoms with E-state index in [1.807, 2.05) is 0 Å². The topological polar surface area (TPSA) is 81.4 Å². The maximum atomic E-state index is 12.0. The molecule has 0 aliphatic heterocycles. The summed E-state index contributed by atoms with van der Waals surface area (Å²) in [5, 5.41) is 2.58. The maximum Gasteiger partial charge on any atom is 0.328 e. The van der Waals surface area contributed by atoms with Crippen LogP contribution in [0.5, 0.6) is 0 Å². The fourth-order valence-corrected chi connectivity index (χ4v) is 1.50. The molecule has 0 bridgehead atoms. The summed E-state index contributed by atoms with van der Waals surface area (Å²) < 4.78 is 4.82. The fourth-order valence-electron chi connectivity index (χ4n) is 1.50. The van der Waals surface area contributed by atoms with E-state index in [9.17, 15) is 9.59 Å². The fraction of sp³-hybridized carbons (Fsp3) is 0.385. The number of anilines is 1. The second kappa shape index (κ2) is 6.05. The zero-order valence-electron chi connectivity index (χ0n) is 10.8. The summed E-state index contributed by atoms with van der Waals surface area (Å²) in [6, 6.07) is 4.41. The molecule has 1 amide bonds. The van der Waals surface area contributed by atoms with Crippen molar-refractivity contribution in [2.24, 2.45) is 0 Å². The van der Waals surface area contributed by atoms with Crippen LogP contribution in [0.3, 0.4) is 0 Å². The van der Waals surface area contributed by atoms with Crippen molar-refractivity contribution in [2.45, 2.75) is 26.8 Å². The van der Waals surface area contributed by atoms with E-state index in [2.05, 4.69) is 5.32 Å². The van der Waals surface area contributed by atoms with Crippen LogP contribution in [0, 0.1) is 6.92 Å². The van der Waals surface area contributed by atoms with Gasteiger partial charge >= 0.3 is 5.97 Å². The van der Waals surface area contributed by atoms with Crippen LogP contribution in [-0.4, -0.2) is 24.5 Å². The van der Waals surface area contributed by atoms with E-state index in [-0.39, 0.29) is 12.5 Å². The van der Waals surface area contributed by atoms with E-state index in [1.165, 1.54) is 0 Å². The molecule has 0 saturated heterocycles. The molecule has 1 aromatic carbocycles. The highest BCUT2D eigenvalue weighted by molar-refractivity contribution is 5.98. The SMILES string of the molecule is CCOC(=O)C(C)NC(=O)c1cccc(N)c1C. The van der Waals surface area contributed by atoms with Gasteiger partial charge in [-0.2, -0.15) is 0 Å². The quantitative estimate of drug-likeness (QED) is 0.622. The Morgan fingerprint density at radius 1 is 1.44 bits per heavy atom. The Balaban J connectivity index is 2.77. The van der Waals surface area contributed by atoms with Crippen LogP contribution >= 0.6 is 0 Å². The first-order chi connectivity index (χ1) is 8.47. The standard InChI is InChI=1S/C13H18N2O3/c1-4-18-13(17)9(3)15-12(16)10-6-5-7-11(14)8(10)2/h5-7,9H,4,14H2,1-3H3,(H,15,16). The number of ether oxygens (including phenoxy) is 1. The minimum Gasteiger partial charge on any atom is -0.464 e. The predicted octanol–water partition coefficient (Wildman–Crippen LogP) is 1.26. The van der Waals surface area contributed by atoms with Gasteiger partial charge in [-0.3, -0.25) is 4.79 Å². The first-order valence-corrected chi connectivity index (χ1v) is 5.80. The normalized spacial score (nSPS) is 11.7. The second-order valence-electron chi connectivity index (χ2n) is 3.97. The monoisotopic (exact) mass is 250 g/mol. The van der Waals surface area contributed by atoms with Gasteiger partial charge in [0.05, 0.1) is 6.61 Å². The van der Waals surface area contributed by atoms with Crippen molar-refractivity contribution < 1.29 is 14.3 Å². The molecule has 5 nitrogen and oxygen atoms in total. The van der Waals surface area contributed by atoms with Crippen LogP contribution in [-0.2, 0) is 9.53 Å². The summed E-state index contributed by atoms with van der Waals surface area (Å²) in [5.74, 6) is -0.784. The molecule has 0 aliphatic carbocycles. The summed E-state index contributed by atoms with van der Waals surface area (Å²) in [6.45, 7) is 5.35. The predicted molar refractivity (Wildman–Crippen MR) is 69.2 cm³/mol. The Labute approximate surface area is 106 Å². The molecule has 0 saturated carbocycles. The molecule has 1 atom stereocenters. The molecule has 0 heterocycles. The number of carbonyl (C=O) groups is 2. The minimum absolute atomic E-state index is 0.288. The lowest BCUT2D eigenvalue weighted by Crippen LogP contribution is -2.39. The van der Waals surface area contributed by atoms with E-state index in [0.29, 0.717) is 16.8 Å². The van der Waals surface area contributed by atoms with Crippen LogP contribution in [0.1, 0.15) is 29.8 Å². The molecule has 0 aromatic heterocycles. The molecular weight excluding hydrogens is 232 g/mol. The second-order valence-corrected chi connectivity index (χ2v) is 3.97. The maximum absolute atomic E-state index is 12.0. The van der Waals surface area contributed by atoms with Crippen LogP contribution in [0.4, 0.5) is 5.69 Å². The number of hydrogen-bond donors (Lipinski definition) is 2. The summed E-state index contributed by atoms with van der Waals surface area (Å²) in [7, 11) is 0. The molecule has 0 aliphatic rings. The molecular formula is C13H18N2O3. The van der Waals surface area contributed by atoms with Crippen LogP contribution in [0.15, 0.2) is 18.2 Å². The van der Waals surface area contributed by atoms with Gasteiger partial charge in [0, 0.05) is 11.3 Å². The molecule has 1 rings (SSSR count). The first kappa shape index (κ1) is 14.0. The van der Waals surface area contributed by atoms with Gasteiger partial charge in [0.25, 0.3) is 5.91 Å². The minimum atomic E-state index is -0.682. The number of benzene rings is 1. The van der Waals surface area contributed by atoms with Crippen LogP contribution in [0.2, 0.25) is 0 Å². The van der Waals surface area contributed by atoms with E-state index in [4.69, 9.17) is 10.5 Å². The highest BCUT2D eigenvalue weighted by Gasteiger charge is 2.18. The van der Waals surface area contributed by atoms with E-state index in [1.54, 1.807) is 39.0 Å². The molecule has 0 fully saturated rings. The average Bonchev–Trinajstić information content (AvgIpc) is 2.32. The van der Waals surface area contributed by atoms with Gasteiger partial charge in [0.15, 0.2) is 0 Å². The van der Waals surface area contributed by atoms with Crippen molar-refractivity contribution in [3.05, 3.63) is 29.3 Å². The molecule has 0 spiro atoms. The smallest absolute Gasteiger partial charge is 0.328 e. The molecule has 3 N–H and O–H groups in total. The van der Waals surface area contributed by atoms with Crippen molar-refractivity contribution in [3.63, 3.8) is 0 Å². The van der Waals surface area contributed by atoms with Crippen molar-refractivity contribution >= 4 is 17.6 Å². The Morgan fingerprint density at radius 2 is 2.11 bits per heavy atom. The lowest BCUT2D eigenvalue weighted by atomic mass is 10.1. The highest BCUT2D eigenvalue weighted by Crippen LogP contribution is 2.15. The number of esters is 1. The number of nitrogens with two attached hydrogens (primary N) is 1.